The fourth-order valence-corrected chi connectivity index (χ4v) is 12.8. The third-order valence-electron chi connectivity index (χ3n) is 18.8. The summed E-state index contributed by atoms with van der Waals surface area (Å²) in [6.07, 6.45) is 94.4. The normalized spacial score (nSPS) is 12.5. The molecule has 3 N–H and O–H groups in total. The minimum Gasteiger partial charge on any atom is -0.466 e. The zero-order valence-corrected chi connectivity index (χ0v) is 58.1. The van der Waals surface area contributed by atoms with Crippen molar-refractivity contribution in [1.82, 2.24) is 5.32 Å². The summed E-state index contributed by atoms with van der Waals surface area (Å²) in [6, 6.07) is -0.542. The summed E-state index contributed by atoms with van der Waals surface area (Å²) in [5.74, 6) is -0.00855. The number of allylic oxidation sites excluding steroid dienone is 2. The van der Waals surface area contributed by atoms with Crippen molar-refractivity contribution in [2.45, 2.75) is 469 Å². The number of unbranched alkanes of at least 4 members (excludes halogenated alkanes) is 62. The quantitative estimate of drug-likeness (QED) is 0.0320. The first-order valence-corrected chi connectivity index (χ1v) is 39.4. The second-order valence-electron chi connectivity index (χ2n) is 27.4. The molecule has 0 radical (unpaired) electrons. The lowest BCUT2D eigenvalue weighted by Gasteiger charge is -2.22. The molecular formula is C79H155NO5. The second-order valence-corrected chi connectivity index (χ2v) is 27.4. The molecular weight excluding hydrogens is 1040 g/mol. The van der Waals surface area contributed by atoms with Gasteiger partial charge in [0.15, 0.2) is 0 Å². The van der Waals surface area contributed by atoms with Gasteiger partial charge in [-0.3, -0.25) is 9.59 Å². The number of esters is 1. The van der Waals surface area contributed by atoms with E-state index < -0.39 is 12.1 Å². The van der Waals surface area contributed by atoms with Gasteiger partial charge in [0, 0.05) is 12.8 Å². The van der Waals surface area contributed by atoms with E-state index in [1.807, 2.05) is 0 Å². The van der Waals surface area contributed by atoms with Gasteiger partial charge in [-0.25, -0.2) is 0 Å². The van der Waals surface area contributed by atoms with Crippen LogP contribution in [0.25, 0.3) is 0 Å². The van der Waals surface area contributed by atoms with E-state index in [4.69, 9.17) is 4.74 Å². The molecule has 0 aromatic carbocycles. The van der Waals surface area contributed by atoms with Gasteiger partial charge in [0.25, 0.3) is 0 Å². The zero-order chi connectivity index (χ0) is 61.3. The summed E-state index contributed by atoms with van der Waals surface area (Å²) in [6.45, 7) is 5.01. The van der Waals surface area contributed by atoms with Crippen molar-refractivity contribution >= 4 is 11.9 Å². The molecule has 2 unspecified atom stereocenters. The van der Waals surface area contributed by atoms with Gasteiger partial charge in [0.1, 0.15) is 0 Å². The van der Waals surface area contributed by atoms with E-state index >= 15 is 0 Å². The monoisotopic (exact) mass is 1200 g/mol. The smallest absolute Gasteiger partial charge is 0.305 e. The molecule has 0 rings (SSSR count). The highest BCUT2D eigenvalue weighted by atomic mass is 16.5. The summed E-state index contributed by atoms with van der Waals surface area (Å²) in [4.78, 5) is 24.7. The van der Waals surface area contributed by atoms with Crippen LogP contribution >= 0.6 is 0 Å². The van der Waals surface area contributed by atoms with E-state index in [9.17, 15) is 19.8 Å². The van der Waals surface area contributed by atoms with Crippen LogP contribution in [0.5, 0.6) is 0 Å². The Bertz CT molecular complexity index is 1290. The number of rotatable bonds is 75. The first-order valence-electron chi connectivity index (χ1n) is 39.4. The van der Waals surface area contributed by atoms with Crippen molar-refractivity contribution < 1.29 is 24.5 Å². The van der Waals surface area contributed by atoms with Crippen molar-refractivity contribution in [3.63, 3.8) is 0 Å². The van der Waals surface area contributed by atoms with Crippen molar-refractivity contribution in [3.05, 3.63) is 12.2 Å². The van der Waals surface area contributed by atoms with Gasteiger partial charge in [-0.05, 0) is 51.4 Å². The van der Waals surface area contributed by atoms with Gasteiger partial charge in [-0.2, -0.15) is 0 Å². The average Bonchev–Trinajstić information content (AvgIpc) is 3.51. The lowest BCUT2D eigenvalue weighted by atomic mass is 10.0. The molecule has 0 bridgehead atoms. The summed E-state index contributed by atoms with van der Waals surface area (Å²) in [5, 5.41) is 23.5. The molecule has 1 amide bonds. The number of carbonyl (C=O) groups excluding carboxylic acids is 2. The number of aliphatic hydroxyl groups is 2. The third kappa shape index (κ3) is 71.6. The van der Waals surface area contributed by atoms with Crippen LogP contribution in [0.3, 0.4) is 0 Å². The van der Waals surface area contributed by atoms with Crippen LogP contribution < -0.4 is 5.32 Å². The molecule has 6 nitrogen and oxygen atoms in total. The Morgan fingerprint density at radius 3 is 0.835 bits per heavy atom. The van der Waals surface area contributed by atoms with Crippen molar-refractivity contribution in [1.29, 1.82) is 0 Å². The number of hydrogen-bond donors (Lipinski definition) is 3. The molecule has 0 heterocycles. The number of aliphatic hydroxyl groups excluding tert-OH is 2. The Kier molecular flexibility index (Phi) is 73.8. The first kappa shape index (κ1) is 83.6. The average molecular weight is 1200 g/mol. The highest BCUT2D eigenvalue weighted by Gasteiger charge is 2.20. The maximum absolute atomic E-state index is 12.6. The summed E-state index contributed by atoms with van der Waals surface area (Å²) in [5.41, 5.74) is 0. The van der Waals surface area contributed by atoms with E-state index in [2.05, 4.69) is 31.3 Å². The summed E-state index contributed by atoms with van der Waals surface area (Å²) in [7, 11) is 0. The van der Waals surface area contributed by atoms with Crippen LogP contribution in [0.4, 0.5) is 0 Å². The van der Waals surface area contributed by atoms with Crippen LogP contribution in [-0.4, -0.2) is 47.4 Å². The topological polar surface area (TPSA) is 95.9 Å². The molecule has 6 heteroatoms. The van der Waals surface area contributed by atoms with E-state index in [1.165, 1.54) is 385 Å². The molecule has 506 valence electrons. The number of ether oxygens (including phenoxy) is 1. The maximum atomic E-state index is 12.6. The van der Waals surface area contributed by atoms with E-state index in [1.54, 1.807) is 0 Å². The molecule has 85 heavy (non-hydrogen) atoms. The number of nitrogens with one attached hydrogen (secondary N) is 1. The highest BCUT2D eigenvalue weighted by molar-refractivity contribution is 5.76. The van der Waals surface area contributed by atoms with Gasteiger partial charge < -0.3 is 20.3 Å². The van der Waals surface area contributed by atoms with Crippen LogP contribution in [0.1, 0.15) is 457 Å². The fourth-order valence-electron chi connectivity index (χ4n) is 12.8. The number of carbonyl (C=O) groups is 2. The third-order valence-corrected chi connectivity index (χ3v) is 18.8. The van der Waals surface area contributed by atoms with Gasteiger partial charge >= 0.3 is 5.97 Å². The molecule has 0 saturated carbocycles. The SMILES string of the molecule is CCCCCCCCCCCCCCCCCCCCCCCCCCCC(O)C(CO)NC(=O)CCCCCCCCCCCCCC/C=C\CCCCCCCCCCCCCCOC(=O)CCCCCCCCCCCCCCCCC. The lowest BCUT2D eigenvalue weighted by molar-refractivity contribution is -0.143. The van der Waals surface area contributed by atoms with E-state index in [0.717, 1.165) is 38.5 Å². The lowest BCUT2D eigenvalue weighted by Crippen LogP contribution is -2.45. The molecule has 0 spiro atoms. The Balaban J connectivity index is 3.37. The van der Waals surface area contributed by atoms with Crippen LogP contribution in [0, 0.1) is 0 Å². The van der Waals surface area contributed by atoms with Crippen LogP contribution in [0.2, 0.25) is 0 Å². The molecule has 0 aromatic heterocycles. The summed E-state index contributed by atoms with van der Waals surface area (Å²) >= 11 is 0. The standard InChI is InChI=1S/C79H155NO5/c1-3-5-7-9-11-13-15-17-19-20-21-22-23-28-31-34-37-40-44-47-51-55-59-63-67-71-77(82)76(75-81)80-78(83)72-68-64-60-56-52-48-45-41-38-35-32-29-26-24-25-27-30-33-36-39-42-46-50-54-58-62-66-70-74-85-79(84)73-69-65-61-57-53-49-43-18-16-14-12-10-8-6-4-2/h24-25,76-77,81-82H,3-23,26-75H2,1-2H3,(H,80,83)/b25-24-. The van der Waals surface area contributed by atoms with E-state index in [0.29, 0.717) is 25.9 Å². The zero-order valence-electron chi connectivity index (χ0n) is 58.1. The minimum atomic E-state index is -0.665. The molecule has 0 aliphatic heterocycles. The van der Waals surface area contributed by atoms with Gasteiger partial charge in [0.2, 0.25) is 5.91 Å². The molecule has 0 fully saturated rings. The predicted octanol–water partition coefficient (Wildman–Crippen LogP) is 25.9. The van der Waals surface area contributed by atoms with Crippen molar-refractivity contribution in [2.75, 3.05) is 13.2 Å². The van der Waals surface area contributed by atoms with E-state index in [-0.39, 0.29) is 18.5 Å². The van der Waals surface area contributed by atoms with Crippen molar-refractivity contribution in [3.8, 4) is 0 Å². The minimum absolute atomic E-state index is 0.0202. The highest BCUT2D eigenvalue weighted by Crippen LogP contribution is 2.20. The van der Waals surface area contributed by atoms with Crippen molar-refractivity contribution in [2.24, 2.45) is 0 Å². The number of amides is 1. The Hall–Kier alpha value is -1.40. The maximum Gasteiger partial charge on any atom is 0.305 e. The Labute approximate surface area is 533 Å². The largest absolute Gasteiger partial charge is 0.466 e. The molecule has 0 aromatic rings. The Morgan fingerprint density at radius 2 is 0.553 bits per heavy atom. The summed E-state index contributed by atoms with van der Waals surface area (Å²) < 4.78 is 5.50. The van der Waals surface area contributed by atoms with Crippen LogP contribution in [0.15, 0.2) is 12.2 Å². The molecule has 2 atom stereocenters. The first-order chi connectivity index (χ1) is 42.0. The van der Waals surface area contributed by atoms with Crippen LogP contribution in [-0.2, 0) is 14.3 Å². The number of hydrogen-bond acceptors (Lipinski definition) is 5. The predicted molar refractivity (Wildman–Crippen MR) is 375 cm³/mol. The fraction of sp³-hybridized carbons (Fsp3) is 0.949. The molecule has 0 saturated heterocycles. The molecule has 0 aliphatic rings. The molecule has 0 aliphatic carbocycles. The second kappa shape index (κ2) is 75.1. The van der Waals surface area contributed by atoms with Gasteiger partial charge in [0.05, 0.1) is 25.4 Å². The van der Waals surface area contributed by atoms with Gasteiger partial charge in [-0.15, -0.1) is 0 Å². The van der Waals surface area contributed by atoms with Gasteiger partial charge in [-0.1, -0.05) is 405 Å². The Morgan fingerprint density at radius 1 is 0.318 bits per heavy atom.